The molecule has 1 unspecified atom stereocenters. The molecule has 0 amide bonds. The summed E-state index contributed by atoms with van der Waals surface area (Å²) in [5, 5.41) is 7.06. The van der Waals surface area contributed by atoms with E-state index < -0.39 is 9.04 Å². The van der Waals surface area contributed by atoms with E-state index in [2.05, 4.69) is 48.2 Å². The van der Waals surface area contributed by atoms with Gasteiger partial charge in [-0.05, 0) is 32.5 Å². The summed E-state index contributed by atoms with van der Waals surface area (Å²) < 4.78 is 5.96. The molecule has 2 aromatic rings. The van der Waals surface area contributed by atoms with Crippen LogP contribution in [-0.2, 0) is 6.42 Å². The summed E-state index contributed by atoms with van der Waals surface area (Å²) in [6, 6.07) is 8.20. The van der Waals surface area contributed by atoms with Gasteiger partial charge in [0.15, 0.2) is 0 Å². The van der Waals surface area contributed by atoms with Gasteiger partial charge in [-0.1, -0.05) is 25.1 Å². The predicted octanol–water partition coefficient (Wildman–Crippen LogP) is 3.78. The SMILES string of the molecule is CCc1[nH]ncc1C=NC(C)c1ccccc1O[Si](C)C. The third kappa shape index (κ3) is 4.04. The second-order valence-corrected chi connectivity index (χ2v) is 7.18. The Morgan fingerprint density at radius 3 is 2.86 bits per heavy atom. The van der Waals surface area contributed by atoms with E-state index >= 15 is 0 Å². The number of aromatic amines is 1. The maximum Gasteiger partial charge on any atom is 0.274 e. The second-order valence-electron chi connectivity index (χ2n) is 5.16. The van der Waals surface area contributed by atoms with E-state index in [0.29, 0.717) is 0 Å². The molecule has 0 spiro atoms. The van der Waals surface area contributed by atoms with E-state index in [1.807, 2.05) is 30.6 Å². The van der Waals surface area contributed by atoms with Crippen LogP contribution in [0.1, 0.15) is 36.7 Å². The molecule has 1 atom stereocenters. The first-order valence-electron chi connectivity index (χ1n) is 7.24. The van der Waals surface area contributed by atoms with E-state index in [1.165, 1.54) is 0 Å². The van der Waals surface area contributed by atoms with Crippen molar-refractivity contribution in [3.05, 3.63) is 47.3 Å². The van der Waals surface area contributed by atoms with Crippen LogP contribution in [-0.4, -0.2) is 25.5 Å². The van der Waals surface area contributed by atoms with E-state index in [4.69, 9.17) is 4.43 Å². The Kier molecular flexibility index (Phi) is 5.33. The van der Waals surface area contributed by atoms with Gasteiger partial charge in [-0.3, -0.25) is 10.1 Å². The topological polar surface area (TPSA) is 50.3 Å². The molecule has 111 valence electrons. The third-order valence-corrected chi connectivity index (χ3v) is 3.85. The van der Waals surface area contributed by atoms with Crippen LogP contribution in [0.25, 0.3) is 0 Å². The first-order valence-corrected chi connectivity index (χ1v) is 9.65. The predicted molar refractivity (Wildman–Crippen MR) is 88.5 cm³/mol. The van der Waals surface area contributed by atoms with E-state index in [9.17, 15) is 0 Å². The van der Waals surface area contributed by atoms with E-state index in [0.717, 1.165) is 29.0 Å². The molecular weight excluding hydrogens is 278 g/mol. The minimum absolute atomic E-state index is 0.0576. The molecule has 0 aliphatic heterocycles. The Hall–Kier alpha value is -1.88. The normalized spacial score (nSPS) is 13.0. The van der Waals surface area contributed by atoms with E-state index in [1.54, 1.807) is 0 Å². The number of hydrogen-bond donors (Lipinski definition) is 1. The van der Waals surface area contributed by atoms with Crippen molar-refractivity contribution >= 4 is 15.3 Å². The van der Waals surface area contributed by atoms with Crippen molar-refractivity contribution in [1.82, 2.24) is 10.2 Å². The minimum atomic E-state index is -0.777. The Morgan fingerprint density at radius 1 is 1.38 bits per heavy atom. The number of hydrogen-bond acceptors (Lipinski definition) is 3. The molecular formula is C16H22N3OSi. The molecule has 0 saturated heterocycles. The molecule has 5 heteroatoms. The number of H-pyrrole nitrogens is 1. The van der Waals surface area contributed by atoms with Crippen LogP contribution >= 0.6 is 0 Å². The highest BCUT2D eigenvalue weighted by atomic mass is 28.3. The first kappa shape index (κ1) is 15.5. The molecule has 1 heterocycles. The Labute approximate surface area is 128 Å². The Bertz CT molecular complexity index is 607. The zero-order valence-corrected chi connectivity index (χ0v) is 14.1. The number of aliphatic imine (C=N–C) groups is 1. The van der Waals surface area contributed by atoms with Gasteiger partial charge in [0.2, 0.25) is 0 Å². The number of nitrogens with zero attached hydrogens (tertiary/aromatic N) is 2. The molecule has 1 N–H and O–H groups in total. The second kappa shape index (κ2) is 7.22. The maximum atomic E-state index is 5.96. The van der Waals surface area contributed by atoms with Crippen molar-refractivity contribution in [1.29, 1.82) is 0 Å². The molecule has 1 aromatic heterocycles. The van der Waals surface area contributed by atoms with Crippen LogP contribution in [0.5, 0.6) is 5.75 Å². The number of para-hydroxylation sites is 1. The fourth-order valence-electron chi connectivity index (χ4n) is 2.13. The summed E-state index contributed by atoms with van der Waals surface area (Å²) in [5.74, 6) is 0.948. The fraction of sp³-hybridized carbons (Fsp3) is 0.375. The first-order chi connectivity index (χ1) is 10.1. The number of aromatic nitrogens is 2. The van der Waals surface area contributed by atoms with E-state index in [-0.39, 0.29) is 6.04 Å². The standard InChI is InChI=1S/C16H22N3OSi/c1-5-15-13(11-18-19-15)10-17-12(2)14-8-6-7-9-16(14)20-21(3)4/h6-12H,5H2,1-4H3,(H,18,19). The van der Waals surface area contributed by atoms with Gasteiger partial charge in [-0.25, -0.2) is 0 Å². The third-order valence-electron chi connectivity index (χ3n) is 3.23. The Morgan fingerprint density at radius 2 is 2.14 bits per heavy atom. The van der Waals surface area contributed by atoms with Crippen molar-refractivity contribution in [2.75, 3.05) is 0 Å². The molecule has 0 fully saturated rings. The molecule has 0 aliphatic carbocycles. The molecule has 21 heavy (non-hydrogen) atoms. The van der Waals surface area contributed by atoms with Crippen LogP contribution in [0.3, 0.4) is 0 Å². The Balaban J connectivity index is 2.18. The number of rotatable bonds is 6. The average Bonchev–Trinajstić information content (AvgIpc) is 2.92. The molecule has 1 aromatic carbocycles. The van der Waals surface area contributed by atoms with Crippen LogP contribution < -0.4 is 4.43 Å². The molecule has 2 rings (SSSR count). The lowest BCUT2D eigenvalue weighted by atomic mass is 10.1. The van der Waals surface area contributed by atoms with Gasteiger partial charge in [-0.2, -0.15) is 5.10 Å². The zero-order valence-electron chi connectivity index (χ0n) is 13.1. The van der Waals surface area contributed by atoms with Gasteiger partial charge in [0.1, 0.15) is 5.75 Å². The van der Waals surface area contributed by atoms with Crippen LogP contribution in [0.15, 0.2) is 35.5 Å². The quantitative estimate of drug-likeness (QED) is 0.652. The number of nitrogens with one attached hydrogen (secondary N) is 1. The molecule has 4 nitrogen and oxygen atoms in total. The zero-order chi connectivity index (χ0) is 15.2. The monoisotopic (exact) mass is 300 g/mol. The summed E-state index contributed by atoms with van der Waals surface area (Å²) >= 11 is 0. The van der Waals surface area contributed by atoms with Crippen LogP contribution in [0, 0.1) is 0 Å². The number of aryl methyl sites for hydroxylation is 1. The van der Waals surface area contributed by atoms with Gasteiger partial charge in [0, 0.05) is 23.0 Å². The van der Waals surface area contributed by atoms with Crippen molar-refractivity contribution < 1.29 is 4.43 Å². The highest BCUT2D eigenvalue weighted by molar-refractivity contribution is 6.49. The van der Waals surface area contributed by atoms with Crippen LogP contribution in [0.4, 0.5) is 0 Å². The lowest BCUT2D eigenvalue weighted by Crippen LogP contribution is -2.13. The average molecular weight is 300 g/mol. The van der Waals surface area contributed by atoms with Gasteiger partial charge in [0.05, 0.1) is 12.2 Å². The highest BCUT2D eigenvalue weighted by Gasteiger charge is 2.11. The van der Waals surface area contributed by atoms with Gasteiger partial charge >= 0.3 is 0 Å². The van der Waals surface area contributed by atoms with Crippen molar-refractivity contribution in [2.45, 2.75) is 39.4 Å². The summed E-state index contributed by atoms with van der Waals surface area (Å²) in [5.41, 5.74) is 3.29. The smallest absolute Gasteiger partial charge is 0.274 e. The lowest BCUT2D eigenvalue weighted by molar-refractivity contribution is 0.564. The molecule has 0 bridgehead atoms. The summed E-state index contributed by atoms with van der Waals surface area (Å²) in [6.45, 7) is 8.45. The molecule has 0 saturated carbocycles. The molecule has 0 aliphatic rings. The van der Waals surface area contributed by atoms with Crippen molar-refractivity contribution in [2.24, 2.45) is 4.99 Å². The van der Waals surface area contributed by atoms with Crippen molar-refractivity contribution in [3.63, 3.8) is 0 Å². The largest absolute Gasteiger partial charge is 0.542 e. The maximum absolute atomic E-state index is 5.96. The summed E-state index contributed by atoms with van der Waals surface area (Å²) in [4.78, 5) is 4.66. The fourth-order valence-corrected chi connectivity index (χ4v) is 2.75. The number of benzene rings is 1. The van der Waals surface area contributed by atoms with Gasteiger partial charge in [-0.15, -0.1) is 0 Å². The van der Waals surface area contributed by atoms with Crippen LogP contribution in [0.2, 0.25) is 13.1 Å². The van der Waals surface area contributed by atoms with Gasteiger partial charge in [0.25, 0.3) is 9.04 Å². The summed E-state index contributed by atoms with van der Waals surface area (Å²) in [6.07, 6.45) is 4.64. The summed E-state index contributed by atoms with van der Waals surface area (Å²) in [7, 11) is -0.777. The highest BCUT2D eigenvalue weighted by Crippen LogP contribution is 2.27. The molecule has 1 radical (unpaired) electrons. The van der Waals surface area contributed by atoms with Crippen molar-refractivity contribution in [3.8, 4) is 5.75 Å². The lowest BCUT2D eigenvalue weighted by Gasteiger charge is -2.15. The minimum Gasteiger partial charge on any atom is -0.542 e. The van der Waals surface area contributed by atoms with Gasteiger partial charge < -0.3 is 4.43 Å².